The Bertz CT molecular complexity index is 841. The number of aryl methyl sites for hydroxylation is 1. The van der Waals surface area contributed by atoms with Crippen molar-refractivity contribution in [1.82, 2.24) is 24.8 Å². The number of aromatic nitrogens is 3. The minimum Gasteiger partial charge on any atom is -0.465 e. The van der Waals surface area contributed by atoms with Crippen molar-refractivity contribution < 1.29 is 9.90 Å². The van der Waals surface area contributed by atoms with Crippen molar-refractivity contribution in [3.63, 3.8) is 0 Å². The fourth-order valence-electron chi connectivity index (χ4n) is 3.93. The van der Waals surface area contributed by atoms with Crippen LogP contribution in [0.25, 0.3) is 0 Å². The van der Waals surface area contributed by atoms with Crippen LogP contribution in [0.5, 0.6) is 0 Å². The summed E-state index contributed by atoms with van der Waals surface area (Å²) in [5.41, 5.74) is 4.02. The molecule has 1 saturated heterocycles. The van der Waals surface area contributed by atoms with E-state index in [1.165, 1.54) is 4.90 Å². The van der Waals surface area contributed by atoms with Crippen LogP contribution in [-0.4, -0.2) is 54.6 Å². The van der Waals surface area contributed by atoms with Crippen molar-refractivity contribution in [1.29, 1.82) is 0 Å². The number of nitrogens with one attached hydrogen (secondary N) is 1. The molecular formula is C19H24N6O2. The number of nitrogens with zero attached hydrogens (tertiary/aromatic N) is 5. The summed E-state index contributed by atoms with van der Waals surface area (Å²) in [6.07, 6.45) is 4.56. The van der Waals surface area contributed by atoms with E-state index >= 15 is 0 Å². The highest BCUT2D eigenvalue weighted by atomic mass is 16.4. The number of hydrogen-bond donors (Lipinski definition) is 2. The van der Waals surface area contributed by atoms with Crippen LogP contribution in [-0.2, 0) is 13.1 Å². The first-order valence-electron chi connectivity index (χ1n) is 9.27. The van der Waals surface area contributed by atoms with Crippen LogP contribution >= 0.6 is 0 Å². The quantitative estimate of drug-likeness (QED) is 0.860. The molecule has 142 valence electrons. The lowest BCUT2D eigenvalue weighted by Crippen LogP contribution is -2.49. The Hall–Kier alpha value is -2.74. The molecule has 2 aliphatic heterocycles. The third-order valence-corrected chi connectivity index (χ3v) is 5.46. The number of hydrogen-bond acceptors (Lipinski definition) is 6. The van der Waals surface area contributed by atoms with E-state index in [2.05, 4.69) is 25.2 Å². The molecule has 1 amide bonds. The van der Waals surface area contributed by atoms with Crippen LogP contribution < -0.4 is 5.32 Å². The average Bonchev–Trinajstić information content (AvgIpc) is 3.06. The van der Waals surface area contributed by atoms with Crippen LogP contribution in [0.15, 0.2) is 24.5 Å². The van der Waals surface area contributed by atoms with Crippen LogP contribution in [0, 0.1) is 6.92 Å². The number of likely N-dealkylation sites (tertiary alicyclic amines) is 1. The van der Waals surface area contributed by atoms with E-state index < -0.39 is 6.09 Å². The minimum atomic E-state index is -0.821. The molecule has 2 aromatic rings. The summed E-state index contributed by atoms with van der Waals surface area (Å²) in [6.45, 7) is 6.13. The Balaban J connectivity index is 1.42. The molecule has 4 rings (SSSR count). The molecule has 0 unspecified atom stereocenters. The van der Waals surface area contributed by atoms with Gasteiger partial charge in [0.1, 0.15) is 0 Å². The Kier molecular flexibility index (Phi) is 4.65. The second-order valence-electron chi connectivity index (χ2n) is 7.39. The van der Waals surface area contributed by atoms with Gasteiger partial charge in [-0.05, 0) is 38.8 Å². The Morgan fingerprint density at radius 2 is 2.11 bits per heavy atom. The van der Waals surface area contributed by atoms with Crippen molar-refractivity contribution in [2.75, 3.05) is 11.9 Å². The van der Waals surface area contributed by atoms with Crippen molar-refractivity contribution in [3.8, 4) is 0 Å². The molecule has 1 fully saturated rings. The lowest BCUT2D eigenvalue weighted by atomic mass is 9.97. The van der Waals surface area contributed by atoms with Gasteiger partial charge in [-0.3, -0.25) is 9.88 Å². The maximum Gasteiger partial charge on any atom is 0.407 e. The number of carboxylic acid groups (broad SMARTS) is 1. The van der Waals surface area contributed by atoms with Crippen molar-refractivity contribution in [3.05, 3.63) is 41.5 Å². The van der Waals surface area contributed by atoms with Crippen LogP contribution in [0.1, 0.15) is 36.7 Å². The summed E-state index contributed by atoms with van der Waals surface area (Å²) in [4.78, 5) is 28.6. The topological polar surface area (TPSA) is 94.5 Å². The van der Waals surface area contributed by atoms with Crippen molar-refractivity contribution in [2.24, 2.45) is 0 Å². The van der Waals surface area contributed by atoms with Crippen LogP contribution in [0.3, 0.4) is 0 Å². The summed E-state index contributed by atoms with van der Waals surface area (Å²) < 4.78 is 0. The molecule has 2 atom stereocenters. The van der Waals surface area contributed by atoms with Gasteiger partial charge in [0.05, 0.1) is 17.6 Å². The molecule has 4 heterocycles. The number of anilines is 2. The molecule has 0 bridgehead atoms. The molecule has 0 spiro atoms. The largest absolute Gasteiger partial charge is 0.465 e. The molecule has 2 N–H and O–H groups in total. The van der Waals surface area contributed by atoms with Gasteiger partial charge in [-0.15, -0.1) is 0 Å². The Labute approximate surface area is 158 Å². The van der Waals surface area contributed by atoms with Gasteiger partial charge in [-0.2, -0.15) is 0 Å². The second kappa shape index (κ2) is 7.11. The van der Waals surface area contributed by atoms with E-state index in [-0.39, 0.29) is 6.04 Å². The Morgan fingerprint density at radius 3 is 2.81 bits per heavy atom. The van der Waals surface area contributed by atoms with Crippen molar-refractivity contribution >= 4 is 17.7 Å². The average molecular weight is 368 g/mol. The molecule has 0 aromatic carbocycles. The van der Waals surface area contributed by atoms with Gasteiger partial charge in [0.25, 0.3) is 0 Å². The fourth-order valence-corrected chi connectivity index (χ4v) is 3.93. The van der Waals surface area contributed by atoms with E-state index in [0.717, 1.165) is 48.6 Å². The number of amides is 1. The molecule has 0 aliphatic carbocycles. The molecule has 8 heteroatoms. The van der Waals surface area contributed by atoms with Gasteiger partial charge < -0.3 is 15.3 Å². The molecule has 2 aliphatic rings. The van der Waals surface area contributed by atoms with Gasteiger partial charge in [0, 0.05) is 49.2 Å². The number of piperidine rings is 1. The van der Waals surface area contributed by atoms with E-state index in [1.54, 1.807) is 6.20 Å². The molecular weight excluding hydrogens is 344 g/mol. The minimum absolute atomic E-state index is 0.0438. The molecule has 0 saturated carbocycles. The molecule has 0 radical (unpaired) electrons. The van der Waals surface area contributed by atoms with Gasteiger partial charge in [0.2, 0.25) is 5.95 Å². The zero-order chi connectivity index (χ0) is 19.0. The Morgan fingerprint density at radius 1 is 1.26 bits per heavy atom. The molecule has 27 heavy (non-hydrogen) atoms. The van der Waals surface area contributed by atoms with Crippen molar-refractivity contribution in [2.45, 2.75) is 51.9 Å². The maximum absolute atomic E-state index is 11.3. The van der Waals surface area contributed by atoms with E-state index in [4.69, 9.17) is 0 Å². The monoisotopic (exact) mass is 368 g/mol. The summed E-state index contributed by atoms with van der Waals surface area (Å²) in [7, 11) is 0. The molecule has 2 aromatic heterocycles. The van der Waals surface area contributed by atoms with E-state index in [9.17, 15) is 9.90 Å². The number of pyridine rings is 1. The highest BCUT2D eigenvalue weighted by Gasteiger charge is 2.34. The first-order chi connectivity index (χ1) is 13.0. The number of carbonyl (C=O) groups is 1. The highest BCUT2D eigenvalue weighted by molar-refractivity contribution is 5.65. The third kappa shape index (κ3) is 3.71. The SMILES string of the molecule is Cc1ccc(Nc2ncc3c(n2)CN([C@@H]2CCN(C(=O)O)[C@H](C)C2)C3)cn1. The standard InChI is InChI=1S/C19H24N6O2/c1-12-3-4-15(9-20-12)22-18-21-8-14-10-24(11-17(14)23-18)16-5-6-25(19(26)27)13(2)7-16/h3-4,8-9,13,16H,5-7,10-11H2,1-2H3,(H,26,27)(H,21,22,23)/t13-,16-/m1/s1. The molecule has 8 nitrogen and oxygen atoms in total. The lowest BCUT2D eigenvalue weighted by Gasteiger charge is -2.39. The fraction of sp³-hybridized carbons (Fsp3) is 0.474. The zero-order valence-electron chi connectivity index (χ0n) is 15.6. The van der Waals surface area contributed by atoms with E-state index in [0.29, 0.717) is 18.5 Å². The predicted octanol–water partition coefficient (Wildman–Crippen LogP) is 2.77. The van der Waals surface area contributed by atoms with Gasteiger partial charge >= 0.3 is 6.09 Å². The maximum atomic E-state index is 11.3. The summed E-state index contributed by atoms with van der Waals surface area (Å²) in [5.74, 6) is 0.579. The summed E-state index contributed by atoms with van der Waals surface area (Å²) in [5, 5.41) is 12.5. The number of fused-ring (bicyclic) bond motifs is 1. The first kappa shape index (κ1) is 17.7. The predicted molar refractivity (Wildman–Crippen MR) is 101 cm³/mol. The first-order valence-corrected chi connectivity index (χ1v) is 9.27. The van der Waals surface area contributed by atoms with Gasteiger partial charge in [0.15, 0.2) is 0 Å². The van der Waals surface area contributed by atoms with E-state index in [1.807, 2.05) is 32.2 Å². The second-order valence-corrected chi connectivity index (χ2v) is 7.39. The smallest absolute Gasteiger partial charge is 0.407 e. The zero-order valence-corrected chi connectivity index (χ0v) is 15.6. The lowest BCUT2D eigenvalue weighted by molar-refractivity contribution is 0.0656. The summed E-state index contributed by atoms with van der Waals surface area (Å²) >= 11 is 0. The number of rotatable bonds is 3. The van der Waals surface area contributed by atoms with Crippen LogP contribution in [0.4, 0.5) is 16.4 Å². The van der Waals surface area contributed by atoms with Gasteiger partial charge in [-0.25, -0.2) is 14.8 Å². The normalized spacial score (nSPS) is 22.5. The summed E-state index contributed by atoms with van der Waals surface area (Å²) in [6, 6.07) is 4.33. The van der Waals surface area contributed by atoms with Gasteiger partial charge in [-0.1, -0.05) is 0 Å². The highest BCUT2D eigenvalue weighted by Crippen LogP contribution is 2.30. The van der Waals surface area contributed by atoms with Crippen LogP contribution in [0.2, 0.25) is 0 Å². The third-order valence-electron chi connectivity index (χ3n) is 5.46.